The fourth-order valence-electron chi connectivity index (χ4n) is 5.43. The van der Waals surface area contributed by atoms with Crippen molar-refractivity contribution >= 4 is 21.4 Å². The van der Waals surface area contributed by atoms with E-state index in [0.717, 1.165) is 38.7 Å². The second kappa shape index (κ2) is 6.69. The van der Waals surface area contributed by atoms with Gasteiger partial charge in [-0.3, -0.25) is 4.90 Å². The molecule has 2 aliphatic rings. The van der Waals surface area contributed by atoms with Crippen molar-refractivity contribution in [1.82, 2.24) is 4.90 Å². The minimum atomic E-state index is -0.0819. The van der Waals surface area contributed by atoms with E-state index in [1.54, 1.807) is 5.56 Å². The number of hydrogen-bond donors (Lipinski definition) is 0. The largest absolute Gasteiger partial charge is 0.369 e. The highest BCUT2D eigenvalue weighted by molar-refractivity contribution is 7.19. The molecule has 2 nitrogen and oxygen atoms in total. The van der Waals surface area contributed by atoms with Crippen LogP contribution >= 0.6 is 11.3 Å². The minimum Gasteiger partial charge on any atom is -0.369 e. The standard InChI is InChI=1S/C25H29NOS/c1-18-8-10-19(11-9-18)24(26(2)3)13-15-25(16-14-24)23-21(12-17-27-25)20-6-4-5-7-22(20)28-23/h4-11H,12-17H2,1-3H3. The quantitative estimate of drug-likeness (QED) is 0.530. The molecule has 3 aromatic rings. The number of hydrogen-bond acceptors (Lipinski definition) is 3. The molecule has 0 bridgehead atoms. The van der Waals surface area contributed by atoms with E-state index in [2.05, 4.69) is 74.4 Å². The monoisotopic (exact) mass is 391 g/mol. The number of nitrogens with zero attached hydrogens (tertiary/aromatic N) is 1. The Balaban J connectivity index is 1.52. The molecule has 0 atom stereocenters. The first-order valence-corrected chi connectivity index (χ1v) is 11.3. The molecule has 1 saturated carbocycles. The fraction of sp³-hybridized carbons (Fsp3) is 0.440. The van der Waals surface area contributed by atoms with Gasteiger partial charge in [-0.15, -0.1) is 11.3 Å². The van der Waals surface area contributed by atoms with Crippen LogP contribution in [0.2, 0.25) is 0 Å². The second-order valence-corrected chi connectivity index (χ2v) is 9.84. The average molecular weight is 392 g/mol. The van der Waals surface area contributed by atoms with Crippen LogP contribution < -0.4 is 0 Å². The Morgan fingerprint density at radius 3 is 2.36 bits per heavy atom. The molecule has 1 aromatic heterocycles. The van der Waals surface area contributed by atoms with Gasteiger partial charge in [0.05, 0.1) is 6.61 Å². The predicted octanol–water partition coefficient (Wildman–Crippen LogP) is 6.01. The van der Waals surface area contributed by atoms with E-state index in [-0.39, 0.29) is 11.1 Å². The molecule has 1 spiro atoms. The maximum Gasteiger partial charge on any atom is 0.103 e. The first-order valence-electron chi connectivity index (χ1n) is 10.4. The molecule has 2 aromatic carbocycles. The van der Waals surface area contributed by atoms with Crippen LogP contribution in [0.4, 0.5) is 0 Å². The normalized spacial score (nSPS) is 27.4. The van der Waals surface area contributed by atoms with Gasteiger partial charge in [-0.1, -0.05) is 48.0 Å². The topological polar surface area (TPSA) is 12.5 Å². The lowest BCUT2D eigenvalue weighted by Crippen LogP contribution is -2.49. The Bertz CT molecular complexity index is 993. The van der Waals surface area contributed by atoms with Crippen molar-refractivity contribution < 1.29 is 4.74 Å². The summed E-state index contributed by atoms with van der Waals surface area (Å²) in [4.78, 5) is 3.95. The summed E-state index contributed by atoms with van der Waals surface area (Å²) in [6, 6.07) is 18.1. The van der Waals surface area contributed by atoms with Gasteiger partial charge in [0.15, 0.2) is 0 Å². The van der Waals surface area contributed by atoms with Crippen LogP contribution in [-0.4, -0.2) is 25.6 Å². The van der Waals surface area contributed by atoms with Crippen LogP contribution in [0.5, 0.6) is 0 Å². The summed E-state index contributed by atoms with van der Waals surface area (Å²) in [6.07, 6.45) is 5.52. The summed E-state index contributed by atoms with van der Waals surface area (Å²) in [6.45, 7) is 3.02. The van der Waals surface area contributed by atoms with E-state index in [1.807, 2.05) is 11.3 Å². The number of fused-ring (bicyclic) bond motifs is 4. The molecule has 1 aliphatic heterocycles. The van der Waals surface area contributed by atoms with E-state index >= 15 is 0 Å². The van der Waals surface area contributed by atoms with Crippen LogP contribution in [-0.2, 0) is 22.3 Å². The molecule has 1 fully saturated rings. The van der Waals surface area contributed by atoms with Crippen LogP contribution in [0.1, 0.15) is 47.3 Å². The van der Waals surface area contributed by atoms with Gasteiger partial charge in [-0.25, -0.2) is 0 Å². The maximum absolute atomic E-state index is 6.58. The van der Waals surface area contributed by atoms with Crippen LogP contribution in [0.15, 0.2) is 48.5 Å². The summed E-state index contributed by atoms with van der Waals surface area (Å²) >= 11 is 1.97. The Morgan fingerprint density at radius 2 is 1.64 bits per heavy atom. The van der Waals surface area contributed by atoms with Crippen molar-refractivity contribution in [3.8, 4) is 0 Å². The zero-order valence-electron chi connectivity index (χ0n) is 17.1. The van der Waals surface area contributed by atoms with E-state index in [4.69, 9.17) is 4.74 Å². The van der Waals surface area contributed by atoms with Gasteiger partial charge in [0.1, 0.15) is 5.60 Å². The summed E-state index contributed by atoms with van der Waals surface area (Å²) in [5.74, 6) is 0. The molecule has 0 saturated heterocycles. The number of ether oxygens (including phenoxy) is 1. The molecular weight excluding hydrogens is 362 g/mol. The Labute approximate surface area is 172 Å². The second-order valence-electron chi connectivity index (χ2n) is 8.79. The highest BCUT2D eigenvalue weighted by Gasteiger charge is 2.49. The molecule has 1 aliphatic carbocycles. The summed E-state index contributed by atoms with van der Waals surface area (Å²) in [5.41, 5.74) is 4.36. The molecule has 28 heavy (non-hydrogen) atoms. The molecule has 146 valence electrons. The van der Waals surface area contributed by atoms with Crippen molar-refractivity contribution in [1.29, 1.82) is 0 Å². The van der Waals surface area contributed by atoms with E-state index in [0.29, 0.717) is 0 Å². The van der Waals surface area contributed by atoms with Crippen molar-refractivity contribution in [2.45, 2.75) is 50.2 Å². The fourth-order valence-corrected chi connectivity index (χ4v) is 6.88. The molecule has 5 rings (SSSR count). The smallest absolute Gasteiger partial charge is 0.103 e. The van der Waals surface area contributed by atoms with Gasteiger partial charge in [-0.05, 0) is 75.7 Å². The van der Waals surface area contributed by atoms with Gasteiger partial charge < -0.3 is 4.74 Å². The third-order valence-corrected chi connectivity index (χ3v) is 8.57. The zero-order valence-corrected chi connectivity index (χ0v) is 17.9. The highest BCUT2D eigenvalue weighted by Crippen LogP contribution is 2.54. The summed E-state index contributed by atoms with van der Waals surface area (Å²) < 4.78 is 8.00. The highest BCUT2D eigenvalue weighted by atomic mass is 32.1. The Hall–Kier alpha value is -1.68. The summed E-state index contributed by atoms with van der Waals surface area (Å²) in [7, 11) is 4.48. The van der Waals surface area contributed by atoms with Gasteiger partial charge >= 0.3 is 0 Å². The van der Waals surface area contributed by atoms with E-state index in [9.17, 15) is 0 Å². The molecule has 0 amide bonds. The molecule has 0 radical (unpaired) electrons. The van der Waals surface area contributed by atoms with E-state index < -0.39 is 0 Å². The Kier molecular flexibility index (Phi) is 4.38. The first-order chi connectivity index (χ1) is 13.5. The van der Waals surface area contributed by atoms with Crippen molar-refractivity contribution in [3.63, 3.8) is 0 Å². The van der Waals surface area contributed by atoms with Crippen LogP contribution in [0.25, 0.3) is 10.1 Å². The summed E-state index contributed by atoms with van der Waals surface area (Å²) in [5, 5.41) is 1.45. The lowest BCUT2D eigenvalue weighted by molar-refractivity contribution is -0.108. The van der Waals surface area contributed by atoms with Crippen LogP contribution in [0, 0.1) is 6.92 Å². The molecule has 3 heteroatoms. The van der Waals surface area contributed by atoms with Crippen molar-refractivity contribution in [2.75, 3.05) is 20.7 Å². The Morgan fingerprint density at radius 1 is 0.929 bits per heavy atom. The lowest BCUT2D eigenvalue weighted by atomic mass is 9.68. The third kappa shape index (κ3) is 2.67. The molecular formula is C25H29NOS. The predicted molar refractivity (Wildman–Crippen MR) is 118 cm³/mol. The van der Waals surface area contributed by atoms with Gasteiger partial charge in [-0.2, -0.15) is 0 Å². The first kappa shape index (κ1) is 18.4. The van der Waals surface area contributed by atoms with E-state index in [1.165, 1.54) is 26.1 Å². The minimum absolute atomic E-state index is 0.0819. The number of rotatable bonds is 2. The van der Waals surface area contributed by atoms with Crippen LogP contribution in [0.3, 0.4) is 0 Å². The zero-order chi connectivity index (χ0) is 19.4. The van der Waals surface area contributed by atoms with Gasteiger partial charge in [0.2, 0.25) is 0 Å². The number of aryl methyl sites for hydroxylation is 1. The number of thiophene rings is 1. The van der Waals surface area contributed by atoms with Gasteiger partial charge in [0, 0.05) is 15.1 Å². The lowest BCUT2D eigenvalue weighted by Gasteiger charge is -2.50. The number of benzene rings is 2. The SMILES string of the molecule is Cc1ccc(C2(N(C)C)CCC3(CC2)OCCc2c3sc3ccccc23)cc1. The average Bonchev–Trinajstić information content (AvgIpc) is 3.10. The van der Waals surface area contributed by atoms with Crippen molar-refractivity contribution in [3.05, 3.63) is 70.1 Å². The maximum atomic E-state index is 6.58. The van der Waals surface area contributed by atoms with Crippen molar-refractivity contribution in [2.24, 2.45) is 0 Å². The third-order valence-electron chi connectivity index (χ3n) is 7.17. The van der Waals surface area contributed by atoms with Gasteiger partial charge in [0.25, 0.3) is 0 Å². The molecule has 2 heterocycles. The molecule has 0 N–H and O–H groups in total. The molecule has 0 unspecified atom stereocenters.